The van der Waals surface area contributed by atoms with Gasteiger partial charge in [0, 0.05) is 6.04 Å². The molecule has 0 saturated carbocycles. The topological polar surface area (TPSA) is 21.3 Å². The van der Waals surface area contributed by atoms with Crippen molar-refractivity contribution in [3.8, 4) is 5.75 Å². The third-order valence-electron chi connectivity index (χ3n) is 3.30. The molecule has 1 aromatic rings. The standard InChI is InChI=1S/C17H29NO/c1-7-14-9-10-16(15(11-14)17(4,5)6)19-12-13(3)18-8-2/h9-11,13,18H,7-8,12H2,1-6H3. The first-order valence-corrected chi connectivity index (χ1v) is 7.38. The van der Waals surface area contributed by atoms with Crippen molar-refractivity contribution >= 4 is 0 Å². The lowest BCUT2D eigenvalue weighted by Crippen LogP contribution is -2.31. The maximum atomic E-state index is 6.01. The number of rotatable bonds is 6. The fraction of sp³-hybridized carbons (Fsp3) is 0.647. The third kappa shape index (κ3) is 4.87. The summed E-state index contributed by atoms with van der Waals surface area (Å²) in [5.74, 6) is 1.02. The molecule has 0 aliphatic carbocycles. The lowest BCUT2D eigenvalue weighted by atomic mass is 9.85. The third-order valence-corrected chi connectivity index (χ3v) is 3.30. The Morgan fingerprint density at radius 1 is 1.21 bits per heavy atom. The van der Waals surface area contributed by atoms with E-state index in [1.165, 1.54) is 11.1 Å². The fourth-order valence-electron chi connectivity index (χ4n) is 2.13. The number of likely N-dealkylation sites (N-methyl/N-ethyl adjacent to an activating group) is 1. The maximum Gasteiger partial charge on any atom is 0.123 e. The first-order valence-electron chi connectivity index (χ1n) is 7.38. The smallest absolute Gasteiger partial charge is 0.123 e. The predicted octanol–water partition coefficient (Wildman–Crippen LogP) is 3.92. The Morgan fingerprint density at radius 3 is 2.42 bits per heavy atom. The quantitative estimate of drug-likeness (QED) is 0.840. The molecule has 0 heterocycles. The number of nitrogens with one attached hydrogen (secondary N) is 1. The van der Waals surface area contributed by atoms with Crippen LogP contribution in [0.1, 0.15) is 52.7 Å². The second-order valence-electron chi connectivity index (χ2n) is 6.20. The van der Waals surface area contributed by atoms with E-state index in [9.17, 15) is 0 Å². The normalized spacial score (nSPS) is 13.4. The molecular weight excluding hydrogens is 234 g/mol. The Balaban J connectivity index is 2.87. The molecule has 0 spiro atoms. The van der Waals surface area contributed by atoms with Gasteiger partial charge in [-0.05, 0) is 42.5 Å². The lowest BCUT2D eigenvalue weighted by Gasteiger charge is -2.24. The summed E-state index contributed by atoms with van der Waals surface area (Å²) in [7, 11) is 0. The highest BCUT2D eigenvalue weighted by Gasteiger charge is 2.19. The van der Waals surface area contributed by atoms with E-state index >= 15 is 0 Å². The lowest BCUT2D eigenvalue weighted by molar-refractivity contribution is 0.269. The van der Waals surface area contributed by atoms with Gasteiger partial charge in [0.2, 0.25) is 0 Å². The minimum absolute atomic E-state index is 0.113. The van der Waals surface area contributed by atoms with E-state index in [1.807, 2.05) is 0 Å². The van der Waals surface area contributed by atoms with Gasteiger partial charge < -0.3 is 10.1 Å². The van der Waals surface area contributed by atoms with Crippen molar-refractivity contribution in [2.75, 3.05) is 13.2 Å². The first-order chi connectivity index (χ1) is 8.88. The fourth-order valence-corrected chi connectivity index (χ4v) is 2.13. The number of aryl methyl sites for hydroxylation is 1. The molecule has 19 heavy (non-hydrogen) atoms. The summed E-state index contributed by atoms with van der Waals surface area (Å²) >= 11 is 0. The van der Waals surface area contributed by atoms with Crippen LogP contribution in [0, 0.1) is 0 Å². The van der Waals surface area contributed by atoms with E-state index in [0.717, 1.165) is 18.7 Å². The van der Waals surface area contributed by atoms with Crippen LogP contribution in [-0.2, 0) is 11.8 Å². The summed E-state index contributed by atoms with van der Waals surface area (Å²) in [4.78, 5) is 0. The maximum absolute atomic E-state index is 6.01. The SMILES string of the molecule is CCNC(C)COc1ccc(CC)cc1C(C)(C)C. The minimum atomic E-state index is 0.113. The number of benzene rings is 1. The monoisotopic (exact) mass is 263 g/mol. The van der Waals surface area contributed by atoms with E-state index in [-0.39, 0.29) is 5.41 Å². The second kappa shape index (κ2) is 6.95. The molecule has 0 radical (unpaired) electrons. The van der Waals surface area contributed by atoms with Crippen LogP contribution in [-0.4, -0.2) is 19.2 Å². The average molecular weight is 263 g/mol. The zero-order chi connectivity index (χ0) is 14.5. The van der Waals surface area contributed by atoms with Gasteiger partial charge in [-0.1, -0.05) is 46.8 Å². The van der Waals surface area contributed by atoms with Crippen molar-refractivity contribution in [1.82, 2.24) is 5.32 Å². The Kier molecular flexibility index (Phi) is 5.86. The van der Waals surface area contributed by atoms with Gasteiger partial charge in [-0.25, -0.2) is 0 Å². The van der Waals surface area contributed by atoms with Gasteiger partial charge in [0.05, 0.1) is 0 Å². The van der Waals surface area contributed by atoms with Gasteiger partial charge in [0.1, 0.15) is 12.4 Å². The Bertz CT molecular complexity index is 393. The van der Waals surface area contributed by atoms with Gasteiger partial charge in [-0.15, -0.1) is 0 Å². The summed E-state index contributed by atoms with van der Waals surface area (Å²) in [5.41, 5.74) is 2.79. The van der Waals surface area contributed by atoms with Crippen LogP contribution in [0.3, 0.4) is 0 Å². The highest BCUT2D eigenvalue weighted by Crippen LogP contribution is 2.32. The van der Waals surface area contributed by atoms with E-state index in [2.05, 4.69) is 65.1 Å². The van der Waals surface area contributed by atoms with Gasteiger partial charge in [-0.2, -0.15) is 0 Å². The molecule has 0 aliphatic heterocycles. The average Bonchev–Trinajstić information content (AvgIpc) is 2.35. The molecule has 1 aromatic carbocycles. The molecular formula is C17H29NO. The van der Waals surface area contributed by atoms with Gasteiger partial charge in [0.25, 0.3) is 0 Å². The molecule has 2 nitrogen and oxygen atoms in total. The van der Waals surface area contributed by atoms with Crippen LogP contribution in [0.5, 0.6) is 5.75 Å². The number of hydrogen-bond acceptors (Lipinski definition) is 2. The summed E-state index contributed by atoms with van der Waals surface area (Å²) in [6.45, 7) is 14.9. The Morgan fingerprint density at radius 2 is 1.89 bits per heavy atom. The van der Waals surface area contributed by atoms with Crippen molar-refractivity contribution in [1.29, 1.82) is 0 Å². The molecule has 0 fully saturated rings. The Hall–Kier alpha value is -1.02. The summed E-state index contributed by atoms with van der Waals surface area (Å²) < 4.78 is 6.01. The molecule has 0 bridgehead atoms. The van der Waals surface area contributed by atoms with Crippen LogP contribution in [0.2, 0.25) is 0 Å². The zero-order valence-corrected chi connectivity index (χ0v) is 13.3. The molecule has 0 aliphatic rings. The van der Waals surface area contributed by atoms with Crippen molar-refractivity contribution in [2.45, 2.75) is 59.4 Å². The van der Waals surface area contributed by atoms with Crippen molar-refractivity contribution in [3.63, 3.8) is 0 Å². The molecule has 1 atom stereocenters. The molecule has 1 N–H and O–H groups in total. The number of ether oxygens (including phenoxy) is 1. The van der Waals surface area contributed by atoms with Crippen LogP contribution in [0.15, 0.2) is 18.2 Å². The summed E-state index contributed by atoms with van der Waals surface area (Å²) in [6, 6.07) is 6.96. The highest BCUT2D eigenvalue weighted by molar-refractivity contribution is 5.41. The van der Waals surface area contributed by atoms with Crippen LogP contribution < -0.4 is 10.1 Å². The van der Waals surface area contributed by atoms with Gasteiger partial charge in [-0.3, -0.25) is 0 Å². The van der Waals surface area contributed by atoms with E-state index in [1.54, 1.807) is 0 Å². The first kappa shape index (κ1) is 16.0. The van der Waals surface area contributed by atoms with Crippen molar-refractivity contribution in [2.24, 2.45) is 0 Å². The van der Waals surface area contributed by atoms with E-state index in [4.69, 9.17) is 4.74 Å². The van der Waals surface area contributed by atoms with Crippen molar-refractivity contribution < 1.29 is 4.74 Å². The van der Waals surface area contributed by atoms with Crippen LogP contribution in [0.4, 0.5) is 0 Å². The summed E-state index contributed by atoms with van der Waals surface area (Å²) in [6.07, 6.45) is 1.07. The summed E-state index contributed by atoms with van der Waals surface area (Å²) in [5, 5.41) is 3.37. The molecule has 0 saturated heterocycles. The van der Waals surface area contributed by atoms with E-state index < -0.39 is 0 Å². The molecule has 1 rings (SSSR count). The van der Waals surface area contributed by atoms with Crippen molar-refractivity contribution in [3.05, 3.63) is 29.3 Å². The second-order valence-corrected chi connectivity index (χ2v) is 6.20. The van der Waals surface area contributed by atoms with Gasteiger partial charge in [0.15, 0.2) is 0 Å². The minimum Gasteiger partial charge on any atom is -0.492 e. The molecule has 0 aromatic heterocycles. The highest BCUT2D eigenvalue weighted by atomic mass is 16.5. The zero-order valence-electron chi connectivity index (χ0n) is 13.3. The molecule has 0 amide bonds. The van der Waals surface area contributed by atoms with Crippen LogP contribution >= 0.6 is 0 Å². The van der Waals surface area contributed by atoms with Crippen LogP contribution in [0.25, 0.3) is 0 Å². The Labute approximate surface area is 118 Å². The van der Waals surface area contributed by atoms with Gasteiger partial charge >= 0.3 is 0 Å². The molecule has 1 unspecified atom stereocenters. The molecule has 108 valence electrons. The number of hydrogen-bond donors (Lipinski definition) is 1. The van der Waals surface area contributed by atoms with E-state index in [0.29, 0.717) is 12.6 Å². The largest absolute Gasteiger partial charge is 0.492 e. The molecule has 2 heteroatoms. The predicted molar refractivity (Wildman–Crippen MR) is 83.2 cm³/mol.